The van der Waals surface area contributed by atoms with Gasteiger partial charge in [-0.15, -0.1) is 23.7 Å². The van der Waals surface area contributed by atoms with Gasteiger partial charge in [-0.1, -0.05) is 23.8 Å². The van der Waals surface area contributed by atoms with Crippen molar-refractivity contribution in [1.82, 2.24) is 5.32 Å². The summed E-state index contributed by atoms with van der Waals surface area (Å²) < 4.78 is 0. The van der Waals surface area contributed by atoms with Crippen molar-refractivity contribution in [1.29, 1.82) is 0 Å². The smallest absolute Gasteiger partial charge is 0.227 e. The first kappa shape index (κ1) is 22.4. The van der Waals surface area contributed by atoms with E-state index in [0.29, 0.717) is 19.4 Å². The summed E-state index contributed by atoms with van der Waals surface area (Å²) in [7, 11) is 0. The maximum absolute atomic E-state index is 13.0. The van der Waals surface area contributed by atoms with Crippen LogP contribution in [0.5, 0.6) is 0 Å². The van der Waals surface area contributed by atoms with Crippen molar-refractivity contribution in [3.8, 4) is 0 Å². The third-order valence-corrected chi connectivity index (χ3v) is 5.74. The Kier molecular flexibility index (Phi) is 7.26. The molecule has 0 aliphatic carbocycles. The number of thiophene rings is 1. The minimum absolute atomic E-state index is 0. The van der Waals surface area contributed by atoms with Crippen LogP contribution in [-0.2, 0) is 9.59 Å². The largest absolute Gasteiger partial charge is 0.354 e. The molecule has 3 N–H and O–H groups in total. The van der Waals surface area contributed by atoms with E-state index in [1.807, 2.05) is 62.5 Å². The van der Waals surface area contributed by atoms with Gasteiger partial charge in [-0.2, -0.15) is 0 Å². The molecule has 0 radical (unpaired) electrons. The third kappa shape index (κ3) is 5.13. The number of hydrogen-bond acceptors (Lipinski definition) is 4. The van der Waals surface area contributed by atoms with Crippen LogP contribution in [0.25, 0.3) is 0 Å². The van der Waals surface area contributed by atoms with E-state index in [2.05, 4.69) is 5.32 Å². The minimum Gasteiger partial charge on any atom is -0.354 e. The highest BCUT2D eigenvalue weighted by atomic mass is 35.5. The molecule has 152 valence electrons. The summed E-state index contributed by atoms with van der Waals surface area (Å²) in [5.41, 5.74) is 7.51. The molecular formula is C21H28ClN3O2S. The van der Waals surface area contributed by atoms with Crippen molar-refractivity contribution in [2.45, 2.75) is 45.2 Å². The van der Waals surface area contributed by atoms with E-state index in [1.165, 1.54) is 0 Å². The van der Waals surface area contributed by atoms with Crippen LogP contribution in [0, 0.1) is 12.8 Å². The molecule has 5 nitrogen and oxygen atoms in total. The Labute approximate surface area is 176 Å². The van der Waals surface area contributed by atoms with Gasteiger partial charge >= 0.3 is 0 Å². The van der Waals surface area contributed by atoms with Crippen LogP contribution in [0.3, 0.4) is 0 Å². The second kappa shape index (κ2) is 9.07. The van der Waals surface area contributed by atoms with Gasteiger partial charge in [-0.3, -0.25) is 9.59 Å². The highest BCUT2D eigenvalue weighted by molar-refractivity contribution is 7.10. The van der Waals surface area contributed by atoms with Gasteiger partial charge in [-0.05, 0) is 50.8 Å². The van der Waals surface area contributed by atoms with Crippen molar-refractivity contribution in [3.63, 3.8) is 0 Å². The summed E-state index contributed by atoms with van der Waals surface area (Å²) in [6.45, 7) is 6.18. The lowest BCUT2D eigenvalue weighted by atomic mass is 9.86. The number of carbonyl (C=O) groups excluding carboxylic acids is 2. The monoisotopic (exact) mass is 421 g/mol. The summed E-state index contributed by atoms with van der Waals surface area (Å²) in [6, 6.07) is 11.6. The third-order valence-electron chi connectivity index (χ3n) is 4.80. The molecule has 3 rings (SSSR count). The van der Waals surface area contributed by atoms with Crippen LogP contribution in [0.1, 0.15) is 43.2 Å². The maximum Gasteiger partial charge on any atom is 0.227 e. The first-order valence-corrected chi connectivity index (χ1v) is 10.1. The average Bonchev–Trinajstić information content (AvgIpc) is 3.14. The fraction of sp³-hybridized carbons (Fsp3) is 0.429. The number of hydrogen-bond donors (Lipinski definition) is 2. The average molecular weight is 422 g/mol. The van der Waals surface area contributed by atoms with Crippen LogP contribution in [0.4, 0.5) is 5.69 Å². The van der Waals surface area contributed by atoms with Gasteiger partial charge in [0.15, 0.2) is 0 Å². The number of amides is 2. The fourth-order valence-corrected chi connectivity index (χ4v) is 4.29. The number of halogens is 1. The van der Waals surface area contributed by atoms with E-state index in [1.54, 1.807) is 16.2 Å². The van der Waals surface area contributed by atoms with E-state index >= 15 is 0 Å². The minimum atomic E-state index is -0.477. The lowest BCUT2D eigenvalue weighted by Crippen LogP contribution is -2.51. The van der Waals surface area contributed by atoms with E-state index in [0.717, 1.165) is 16.1 Å². The van der Waals surface area contributed by atoms with Crippen LogP contribution < -0.4 is 16.0 Å². The van der Waals surface area contributed by atoms with E-state index in [9.17, 15) is 9.59 Å². The number of piperidine rings is 1. The molecule has 1 aliphatic heterocycles. The van der Waals surface area contributed by atoms with Gasteiger partial charge < -0.3 is 16.0 Å². The summed E-state index contributed by atoms with van der Waals surface area (Å²) in [5, 5.41) is 4.97. The molecule has 1 aromatic heterocycles. The number of nitrogens with two attached hydrogens (primary N) is 1. The van der Waals surface area contributed by atoms with Crippen molar-refractivity contribution >= 4 is 41.2 Å². The molecule has 2 unspecified atom stereocenters. The van der Waals surface area contributed by atoms with Crippen molar-refractivity contribution in [2.75, 3.05) is 11.4 Å². The lowest BCUT2D eigenvalue weighted by molar-refractivity contribution is -0.129. The molecule has 0 spiro atoms. The van der Waals surface area contributed by atoms with Crippen LogP contribution >= 0.6 is 23.7 Å². The zero-order chi connectivity index (χ0) is 19.6. The zero-order valence-corrected chi connectivity index (χ0v) is 18.1. The van der Waals surface area contributed by atoms with Gasteiger partial charge in [-0.25, -0.2) is 0 Å². The lowest BCUT2D eigenvalue weighted by Gasteiger charge is -2.40. The number of benzene rings is 1. The highest BCUT2D eigenvalue weighted by Crippen LogP contribution is 2.41. The standard InChI is InChI=1S/C21H27N3O2S.ClH/c1-14-6-8-15(9-7-14)24-18(25)11-10-16(19(24)17-5-4-12-27-17)20(26)23-13-21(2,3)22;/h4-9,12,16,19H,10-11,13,22H2,1-3H3,(H,23,26);1H. The van der Waals surface area contributed by atoms with Crippen LogP contribution in [0.15, 0.2) is 41.8 Å². The molecule has 7 heteroatoms. The quantitative estimate of drug-likeness (QED) is 0.770. The predicted octanol–water partition coefficient (Wildman–Crippen LogP) is 3.82. The number of carbonyl (C=O) groups is 2. The maximum atomic E-state index is 13.0. The predicted molar refractivity (Wildman–Crippen MR) is 117 cm³/mol. The molecule has 2 atom stereocenters. The molecule has 2 aromatic rings. The van der Waals surface area contributed by atoms with Gasteiger partial charge in [0.1, 0.15) is 0 Å². The van der Waals surface area contributed by atoms with Crippen LogP contribution in [-0.4, -0.2) is 23.9 Å². The molecule has 0 saturated carbocycles. The Morgan fingerprint density at radius 2 is 1.96 bits per heavy atom. The van der Waals surface area contributed by atoms with Gasteiger partial charge in [0.2, 0.25) is 11.8 Å². The molecule has 1 aliphatic rings. The van der Waals surface area contributed by atoms with Crippen molar-refractivity contribution in [2.24, 2.45) is 11.7 Å². The first-order valence-electron chi connectivity index (χ1n) is 9.25. The van der Waals surface area contributed by atoms with Crippen molar-refractivity contribution < 1.29 is 9.59 Å². The number of nitrogens with zero attached hydrogens (tertiary/aromatic N) is 1. The summed E-state index contributed by atoms with van der Waals surface area (Å²) in [4.78, 5) is 28.7. The Morgan fingerprint density at radius 1 is 1.29 bits per heavy atom. The molecule has 1 fully saturated rings. The van der Waals surface area contributed by atoms with Gasteiger partial charge in [0, 0.05) is 29.1 Å². The number of rotatable bonds is 5. The molecule has 1 saturated heterocycles. The Balaban J connectivity index is 0.00000280. The zero-order valence-electron chi connectivity index (χ0n) is 16.5. The molecular weight excluding hydrogens is 394 g/mol. The Morgan fingerprint density at radius 3 is 2.54 bits per heavy atom. The number of aryl methyl sites for hydroxylation is 1. The fourth-order valence-electron chi connectivity index (χ4n) is 3.41. The second-order valence-electron chi connectivity index (χ2n) is 7.91. The molecule has 1 aromatic carbocycles. The molecule has 0 bridgehead atoms. The SMILES string of the molecule is Cc1ccc(N2C(=O)CCC(C(=O)NCC(C)(C)N)C2c2cccs2)cc1.Cl. The van der Waals surface area contributed by atoms with Crippen molar-refractivity contribution in [3.05, 3.63) is 52.2 Å². The number of anilines is 1. The Bertz CT molecular complexity index is 800. The second-order valence-corrected chi connectivity index (χ2v) is 8.89. The number of nitrogens with one attached hydrogen (secondary N) is 1. The van der Waals surface area contributed by atoms with Gasteiger partial charge in [0.05, 0.1) is 12.0 Å². The first-order chi connectivity index (χ1) is 12.8. The van der Waals surface area contributed by atoms with E-state index in [4.69, 9.17) is 5.73 Å². The summed E-state index contributed by atoms with van der Waals surface area (Å²) >= 11 is 1.58. The molecule has 2 heterocycles. The van der Waals surface area contributed by atoms with Gasteiger partial charge in [0.25, 0.3) is 0 Å². The summed E-state index contributed by atoms with van der Waals surface area (Å²) in [5.74, 6) is -0.290. The van der Waals surface area contributed by atoms with Crippen LogP contribution in [0.2, 0.25) is 0 Å². The van der Waals surface area contributed by atoms with E-state index in [-0.39, 0.29) is 36.2 Å². The van der Waals surface area contributed by atoms with E-state index < -0.39 is 5.54 Å². The normalized spacial score (nSPS) is 19.9. The molecule has 2 amide bonds. The summed E-state index contributed by atoms with van der Waals surface area (Å²) in [6.07, 6.45) is 0.903. The topological polar surface area (TPSA) is 75.4 Å². The Hall–Kier alpha value is -1.89. The molecule has 28 heavy (non-hydrogen) atoms. The highest BCUT2D eigenvalue weighted by Gasteiger charge is 2.42.